The second kappa shape index (κ2) is 7.35. The molecule has 0 saturated carbocycles. The lowest BCUT2D eigenvalue weighted by Gasteiger charge is -2.11. The van der Waals surface area contributed by atoms with E-state index in [1.807, 2.05) is 54.6 Å². The highest BCUT2D eigenvalue weighted by Gasteiger charge is 2.11. The van der Waals surface area contributed by atoms with Gasteiger partial charge in [-0.1, -0.05) is 54.6 Å². The monoisotopic (exact) mass is 371 g/mol. The zero-order valence-electron chi connectivity index (χ0n) is 15.7. The maximum atomic E-state index is 14.1. The van der Waals surface area contributed by atoms with Gasteiger partial charge in [0, 0.05) is 11.1 Å². The van der Waals surface area contributed by atoms with E-state index in [-0.39, 0.29) is 11.6 Å². The minimum atomic E-state index is -0.271. The van der Waals surface area contributed by atoms with E-state index in [2.05, 4.69) is 0 Å². The van der Waals surface area contributed by atoms with Crippen molar-refractivity contribution in [1.29, 1.82) is 0 Å². The molecular formula is C25H19F2N. The zero-order chi connectivity index (χ0) is 19.7. The number of nitrogens with zero attached hydrogens (tertiary/aromatic N) is 1. The van der Waals surface area contributed by atoms with E-state index in [0.29, 0.717) is 33.6 Å². The molecule has 0 N–H and O–H groups in total. The van der Waals surface area contributed by atoms with Crippen LogP contribution in [-0.2, 0) is 0 Å². The fraction of sp³-hybridized carbons (Fsp3) is 0.0800. The predicted molar refractivity (Wildman–Crippen MR) is 110 cm³/mol. The third kappa shape index (κ3) is 3.56. The molecule has 1 aromatic heterocycles. The Morgan fingerprint density at radius 3 is 1.50 bits per heavy atom. The molecule has 0 bridgehead atoms. The maximum absolute atomic E-state index is 14.1. The van der Waals surface area contributed by atoms with Gasteiger partial charge in [-0.3, -0.25) is 0 Å². The predicted octanol–water partition coefficient (Wildman–Crippen LogP) is 6.98. The Labute approximate surface area is 163 Å². The van der Waals surface area contributed by atoms with E-state index in [9.17, 15) is 8.78 Å². The molecule has 138 valence electrons. The molecule has 3 heteroatoms. The van der Waals surface area contributed by atoms with Crippen LogP contribution in [0.25, 0.3) is 33.6 Å². The number of hydrogen-bond acceptors (Lipinski definition) is 1. The highest BCUT2D eigenvalue weighted by atomic mass is 19.1. The molecule has 0 aliphatic heterocycles. The normalized spacial score (nSPS) is 10.9. The standard InChI is InChI=1S/C25H19F2N/c1-16-8-10-19(12-22(16)26)24-14-21(18-6-4-3-5-7-18)15-25(28-24)20-11-9-17(2)23(27)13-20/h3-15H,1-2H3. The highest BCUT2D eigenvalue weighted by molar-refractivity contribution is 5.76. The summed E-state index contributed by atoms with van der Waals surface area (Å²) in [6, 6.07) is 24.0. The van der Waals surface area contributed by atoms with Crippen molar-refractivity contribution in [2.75, 3.05) is 0 Å². The summed E-state index contributed by atoms with van der Waals surface area (Å²) in [6.07, 6.45) is 0. The van der Waals surface area contributed by atoms with E-state index in [0.717, 1.165) is 11.1 Å². The molecule has 0 aliphatic rings. The Morgan fingerprint density at radius 1 is 0.536 bits per heavy atom. The number of benzene rings is 3. The fourth-order valence-electron chi connectivity index (χ4n) is 3.13. The molecule has 0 aliphatic carbocycles. The zero-order valence-corrected chi connectivity index (χ0v) is 15.7. The number of rotatable bonds is 3. The van der Waals surface area contributed by atoms with E-state index < -0.39 is 0 Å². The van der Waals surface area contributed by atoms with Crippen molar-refractivity contribution in [1.82, 2.24) is 4.98 Å². The molecule has 4 aromatic rings. The molecule has 28 heavy (non-hydrogen) atoms. The van der Waals surface area contributed by atoms with Crippen LogP contribution in [0.3, 0.4) is 0 Å². The van der Waals surface area contributed by atoms with Crippen LogP contribution in [0.1, 0.15) is 11.1 Å². The molecule has 0 spiro atoms. The molecule has 3 aromatic carbocycles. The van der Waals surface area contributed by atoms with Crippen molar-refractivity contribution in [3.63, 3.8) is 0 Å². The topological polar surface area (TPSA) is 12.9 Å². The van der Waals surface area contributed by atoms with Crippen LogP contribution in [0, 0.1) is 25.5 Å². The van der Waals surface area contributed by atoms with Gasteiger partial charge < -0.3 is 0 Å². The lowest BCUT2D eigenvalue weighted by molar-refractivity contribution is 0.619. The summed E-state index contributed by atoms with van der Waals surface area (Å²) < 4.78 is 28.3. The van der Waals surface area contributed by atoms with Crippen LogP contribution in [0.2, 0.25) is 0 Å². The number of pyridine rings is 1. The average molecular weight is 371 g/mol. The van der Waals surface area contributed by atoms with Crippen LogP contribution in [0.15, 0.2) is 78.9 Å². The van der Waals surface area contributed by atoms with Gasteiger partial charge in [0.05, 0.1) is 11.4 Å². The highest BCUT2D eigenvalue weighted by Crippen LogP contribution is 2.31. The van der Waals surface area contributed by atoms with Crippen molar-refractivity contribution in [3.8, 4) is 33.6 Å². The smallest absolute Gasteiger partial charge is 0.126 e. The van der Waals surface area contributed by atoms with Gasteiger partial charge >= 0.3 is 0 Å². The first-order chi connectivity index (χ1) is 13.5. The maximum Gasteiger partial charge on any atom is 0.126 e. The van der Waals surface area contributed by atoms with Crippen molar-refractivity contribution < 1.29 is 8.78 Å². The molecule has 1 nitrogen and oxygen atoms in total. The van der Waals surface area contributed by atoms with Gasteiger partial charge in [0.1, 0.15) is 11.6 Å². The number of hydrogen-bond donors (Lipinski definition) is 0. The first kappa shape index (κ1) is 18.1. The summed E-state index contributed by atoms with van der Waals surface area (Å²) in [6.45, 7) is 3.46. The van der Waals surface area contributed by atoms with Gasteiger partial charge in [-0.2, -0.15) is 0 Å². The minimum absolute atomic E-state index is 0.271. The van der Waals surface area contributed by atoms with Gasteiger partial charge in [-0.05, 0) is 60.4 Å². The molecule has 0 radical (unpaired) electrons. The third-order valence-corrected chi connectivity index (χ3v) is 4.87. The molecule has 0 unspecified atom stereocenters. The number of aromatic nitrogens is 1. The lowest BCUT2D eigenvalue weighted by Crippen LogP contribution is -1.93. The van der Waals surface area contributed by atoms with Gasteiger partial charge in [0.15, 0.2) is 0 Å². The SMILES string of the molecule is Cc1ccc(-c2cc(-c3ccccc3)cc(-c3ccc(C)c(F)c3)n2)cc1F. The summed E-state index contributed by atoms with van der Waals surface area (Å²) in [4.78, 5) is 4.71. The Balaban J connectivity index is 1.92. The largest absolute Gasteiger partial charge is 0.248 e. The average Bonchev–Trinajstić information content (AvgIpc) is 2.72. The molecule has 1 heterocycles. The fourth-order valence-corrected chi connectivity index (χ4v) is 3.13. The van der Waals surface area contributed by atoms with Crippen LogP contribution in [-0.4, -0.2) is 4.98 Å². The van der Waals surface area contributed by atoms with Crippen LogP contribution < -0.4 is 0 Å². The Kier molecular flexibility index (Phi) is 4.74. The van der Waals surface area contributed by atoms with E-state index in [1.54, 1.807) is 26.0 Å². The van der Waals surface area contributed by atoms with Crippen LogP contribution >= 0.6 is 0 Å². The summed E-state index contributed by atoms with van der Waals surface area (Å²) in [5, 5.41) is 0. The minimum Gasteiger partial charge on any atom is -0.248 e. The second-order valence-corrected chi connectivity index (χ2v) is 6.92. The molecule has 4 rings (SSSR count). The quantitative estimate of drug-likeness (QED) is 0.379. The molecule has 0 saturated heterocycles. The van der Waals surface area contributed by atoms with Crippen LogP contribution in [0.5, 0.6) is 0 Å². The first-order valence-electron chi connectivity index (χ1n) is 9.12. The van der Waals surface area contributed by atoms with Gasteiger partial charge in [0.2, 0.25) is 0 Å². The summed E-state index contributed by atoms with van der Waals surface area (Å²) >= 11 is 0. The number of aryl methyl sites for hydroxylation is 2. The Bertz CT molecular complexity index is 1080. The molecule has 0 atom stereocenters. The second-order valence-electron chi connectivity index (χ2n) is 6.92. The van der Waals surface area contributed by atoms with Gasteiger partial charge in [0.25, 0.3) is 0 Å². The van der Waals surface area contributed by atoms with Crippen molar-refractivity contribution >= 4 is 0 Å². The Hall–Kier alpha value is -3.33. The van der Waals surface area contributed by atoms with E-state index in [1.165, 1.54) is 12.1 Å². The van der Waals surface area contributed by atoms with Crippen LogP contribution in [0.4, 0.5) is 8.78 Å². The Morgan fingerprint density at radius 2 is 1.04 bits per heavy atom. The van der Waals surface area contributed by atoms with E-state index >= 15 is 0 Å². The first-order valence-corrected chi connectivity index (χ1v) is 9.12. The van der Waals surface area contributed by atoms with Crippen molar-refractivity contribution in [3.05, 3.63) is 102 Å². The van der Waals surface area contributed by atoms with Gasteiger partial charge in [-0.15, -0.1) is 0 Å². The molecule has 0 amide bonds. The molecule has 0 fully saturated rings. The number of halogens is 2. The lowest BCUT2D eigenvalue weighted by atomic mass is 9.99. The van der Waals surface area contributed by atoms with Gasteiger partial charge in [-0.25, -0.2) is 13.8 Å². The van der Waals surface area contributed by atoms with Crippen molar-refractivity contribution in [2.24, 2.45) is 0 Å². The third-order valence-electron chi connectivity index (χ3n) is 4.87. The summed E-state index contributed by atoms with van der Waals surface area (Å²) in [7, 11) is 0. The summed E-state index contributed by atoms with van der Waals surface area (Å²) in [5.41, 5.74) is 5.82. The van der Waals surface area contributed by atoms with Crippen molar-refractivity contribution in [2.45, 2.75) is 13.8 Å². The van der Waals surface area contributed by atoms with E-state index in [4.69, 9.17) is 4.98 Å². The molecular weight excluding hydrogens is 352 g/mol. The summed E-state index contributed by atoms with van der Waals surface area (Å²) in [5.74, 6) is -0.542.